The maximum Gasteiger partial charge on any atom is 0.290 e. The fourth-order valence-corrected chi connectivity index (χ4v) is 1.93. The van der Waals surface area contributed by atoms with Crippen molar-refractivity contribution in [2.75, 3.05) is 11.9 Å². The molecular formula is C15H17N3O2. The summed E-state index contributed by atoms with van der Waals surface area (Å²) in [5.41, 5.74) is 3.16. The van der Waals surface area contributed by atoms with Gasteiger partial charge in [0.1, 0.15) is 12.0 Å². The van der Waals surface area contributed by atoms with Crippen LogP contribution in [0.1, 0.15) is 16.7 Å². The topological polar surface area (TPSA) is 68.1 Å². The molecule has 0 radical (unpaired) electrons. The first-order valence-electron chi connectivity index (χ1n) is 6.47. The lowest BCUT2D eigenvalue weighted by molar-refractivity contribution is -0.385. The molecule has 0 saturated carbocycles. The maximum atomic E-state index is 10.7. The van der Waals surface area contributed by atoms with E-state index in [4.69, 9.17) is 0 Å². The van der Waals surface area contributed by atoms with Crippen LogP contribution in [0.15, 0.2) is 36.5 Å². The third-order valence-electron chi connectivity index (χ3n) is 3.12. The highest BCUT2D eigenvalue weighted by Gasteiger charge is 2.10. The summed E-state index contributed by atoms with van der Waals surface area (Å²) in [7, 11) is 0. The molecule has 104 valence electrons. The Bertz CT molecular complexity index is 609. The molecule has 20 heavy (non-hydrogen) atoms. The van der Waals surface area contributed by atoms with E-state index in [-0.39, 0.29) is 5.69 Å². The Hall–Kier alpha value is -2.43. The second-order valence-electron chi connectivity index (χ2n) is 4.78. The molecule has 0 aliphatic carbocycles. The zero-order chi connectivity index (χ0) is 14.5. The van der Waals surface area contributed by atoms with Crippen LogP contribution in [0, 0.1) is 24.0 Å². The molecule has 0 unspecified atom stereocenters. The summed E-state index contributed by atoms with van der Waals surface area (Å²) in [4.78, 5) is 14.3. The summed E-state index contributed by atoms with van der Waals surface area (Å²) in [5.74, 6) is 0.667. The van der Waals surface area contributed by atoms with Crippen molar-refractivity contribution in [3.05, 3.63) is 63.3 Å². The molecule has 1 N–H and O–H groups in total. The molecule has 1 aromatic heterocycles. The molecule has 0 amide bonds. The van der Waals surface area contributed by atoms with Crippen LogP contribution in [0.2, 0.25) is 0 Å². The average molecular weight is 271 g/mol. The summed E-state index contributed by atoms with van der Waals surface area (Å²) in [6.45, 7) is 4.52. The lowest BCUT2D eigenvalue weighted by Crippen LogP contribution is -2.07. The molecule has 1 heterocycles. The molecule has 0 aliphatic heterocycles. The monoisotopic (exact) mass is 271 g/mol. The second-order valence-corrected chi connectivity index (χ2v) is 4.78. The van der Waals surface area contributed by atoms with Gasteiger partial charge in [-0.05, 0) is 31.9 Å². The van der Waals surface area contributed by atoms with E-state index in [0.717, 1.165) is 13.0 Å². The van der Waals surface area contributed by atoms with Crippen LogP contribution in [-0.4, -0.2) is 16.5 Å². The van der Waals surface area contributed by atoms with Gasteiger partial charge < -0.3 is 5.32 Å². The number of pyridine rings is 1. The third-order valence-corrected chi connectivity index (χ3v) is 3.12. The Labute approximate surface area is 117 Å². The maximum absolute atomic E-state index is 10.7. The lowest BCUT2D eigenvalue weighted by atomic mass is 10.1. The number of hydrogen-bond donors (Lipinski definition) is 1. The van der Waals surface area contributed by atoms with E-state index in [9.17, 15) is 10.1 Å². The van der Waals surface area contributed by atoms with Gasteiger partial charge in [0.2, 0.25) is 0 Å². The van der Waals surface area contributed by atoms with Crippen molar-refractivity contribution in [3.63, 3.8) is 0 Å². The van der Waals surface area contributed by atoms with E-state index in [1.54, 1.807) is 13.0 Å². The Morgan fingerprint density at radius 1 is 1.25 bits per heavy atom. The minimum Gasteiger partial charge on any atom is -0.370 e. The van der Waals surface area contributed by atoms with Crippen LogP contribution in [0.3, 0.4) is 0 Å². The zero-order valence-electron chi connectivity index (χ0n) is 11.6. The molecule has 5 nitrogen and oxygen atoms in total. The number of aromatic nitrogens is 1. The smallest absolute Gasteiger partial charge is 0.290 e. The van der Waals surface area contributed by atoms with E-state index in [1.165, 1.54) is 17.3 Å². The minimum absolute atomic E-state index is 0.0501. The van der Waals surface area contributed by atoms with Crippen LogP contribution < -0.4 is 5.32 Å². The molecule has 0 aliphatic rings. The predicted molar refractivity (Wildman–Crippen MR) is 79.0 cm³/mol. The molecule has 0 saturated heterocycles. The Balaban J connectivity index is 1.92. The molecule has 2 rings (SSSR count). The van der Waals surface area contributed by atoms with Gasteiger partial charge >= 0.3 is 0 Å². The van der Waals surface area contributed by atoms with Gasteiger partial charge in [-0.15, -0.1) is 0 Å². The number of benzene rings is 1. The first-order chi connectivity index (χ1) is 9.56. The van der Waals surface area contributed by atoms with Crippen LogP contribution in [0.25, 0.3) is 0 Å². The van der Waals surface area contributed by atoms with Crippen molar-refractivity contribution in [3.8, 4) is 0 Å². The van der Waals surface area contributed by atoms with E-state index in [0.29, 0.717) is 11.4 Å². The Morgan fingerprint density at radius 3 is 2.55 bits per heavy atom. The largest absolute Gasteiger partial charge is 0.370 e. The van der Waals surface area contributed by atoms with Crippen LogP contribution in [0.4, 0.5) is 11.5 Å². The Kier molecular flexibility index (Phi) is 4.30. The summed E-state index contributed by atoms with van der Waals surface area (Å²) in [6.07, 6.45) is 2.18. The molecule has 0 bridgehead atoms. The first-order valence-corrected chi connectivity index (χ1v) is 6.47. The molecule has 0 atom stereocenters. The number of aryl methyl sites for hydroxylation is 2. The van der Waals surface area contributed by atoms with E-state index in [1.807, 2.05) is 0 Å². The van der Waals surface area contributed by atoms with Crippen molar-refractivity contribution in [1.29, 1.82) is 0 Å². The second kappa shape index (κ2) is 6.14. The highest BCUT2D eigenvalue weighted by molar-refractivity contribution is 5.46. The highest BCUT2D eigenvalue weighted by atomic mass is 16.6. The molecule has 0 spiro atoms. The molecule has 5 heteroatoms. The van der Waals surface area contributed by atoms with Crippen molar-refractivity contribution in [2.45, 2.75) is 20.3 Å². The van der Waals surface area contributed by atoms with Gasteiger partial charge in [-0.3, -0.25) is 10.1 Å². The summed E-state index contributed by atoms with van der Waals surface area (Å²) in [5, 5.41) is 13.9. The van der Waals surface area contributed by atoms with Gasteiger partial charge in [0.25, 0.3) is 5.69 Å². The van der Waals surface area contributed by atoms with Gasteiger partial charge in [0.05, 0.1) is 4.92 Å². The fraction of sp³-hybridized carbons (Fsp3) is 0.267. The van der Waals surface area contributed by atoms with E-state index >= 15 is 0 Å². The van der Waals surface area contributed by atoms with Gasteiger partial charge in [-0.1, -0.05) is 29.8 Å². The molecule has 2 aromatic rings. The van der Waals surface area contributed by atoms with Gasteiger partial charge in [-0.25, -0.2) is 4.98 Å². The zero-order valence-corrected chi connectivity index (χ0v) is 11.6. The first kappa shape index (κ1) is 14.0. The number of rotatable bonds is 5. The Morgan fingerprint density at radius 2 is 1.95 bits per heavy atom. The third kappa shape index (κ3) is 3.54. The number of anilines is 1. The van der Waals surface area contributed by atoms with Crippen molar-refractivity contribution in [2.24, 2.45) is 0 Å². The fourth-order valence-electron chi connectivity index (χ4n) is 1.93. The predicted octanol–water partition coefficient (Wildman–Crippen LogP) is 3.26. The van der Waals surface area contributed by atoms with Crippen LogP contribution >= 0.6 is 0 Å². The highest BCUT2D eigenvalue weighted by Crippen LogP contribution is 2.18. The normalized spacial score (nSPS) is 10.3. The summed E-state index contributed by atoms with van der Waals surface area (Å²) < 4.78 is 0. The van der Waals surface area contributed by atoms with Crippen LogP contribution in [0.5, 0.6) is 0 Å². The quantitative estimate of drug-likeness (QED) is 0.669. The summed E-state index contributed by atoms with van der Waals surface area (Å²) >= 11 is 0. The lowest BCUT2D eigenvalue weighted by Gasteiger charge is -2.07. The van der Waals surface area contributed by atoms with Gasteiger partial charge in [-0.2, -0.15) is 0 Å². The minimum atomic E-state index is -0.418. The standard InChI is InChI=1S/C15H17N3O2/c1-11-3-5-13(6-4-11)7-8-16-15-9-12(2)14(10-17-15)18(19)20/h3-6,9-10H,7-8H2,1-2H3,(H,16,17). The van der Waals surface area contributed by atoms with Gasteiger partial charge in [0.15, 0.2) is 0 Å². The number of nitrogens with zero attached hydrogens (tertiary/aromatic N) is 2. The van der Waals surface area contributed by atoms with E-state index < -0.39 is 4.92 Å². The number of nitro groups is 1. The molecular weight excluding hydrogens is 254 g/mol. The molecule has 1 aromatic carbocycles. The molecule has 0 fully saturated rings. The number of nitrogens with one attached hydrogen (secondary N) is 1. The van der Waals surface area contributed by atoms with Crippen molar-refractivity contribution in [1.82, 2.24) is 4.98 Å². The van der Waals surface area contributed by atoms with Gasteiger partial charge in [0, 0.05) is 12.1 Å². The van der Waals surface area contributed by atoms with Crippen molar-refractivity contribution >= 4 is 11.5 Å². The number of hydrogen-bond acceptors (Lipinski definition) is 4. The average Bonchev–Trinajstić information content (AvgIpc) is 2.41. The van der Waals surface area contributed by atoms with Crippen LogP contribution in [-0.2, 0) is 6.42 Å². The van der Waals surface area contributed by atoms with E-state index in [2.05, 4.69) is 41.5 Å². The SMILES string of the molecule is Cc1ccc(CCNc2cc(C)c([N+](=O)[O-])cn2)cc1. The summed E-state index contributed by atoms with van der Waals surface area (Å²) in [6, 6.07) is 10.1. The van der Waals surface area contributed by atoms with Crippen molar-refractivity contribution < 1.29 is 4.92 Å².